The Hall–Kier alpha value is -1.88. The van der Waals surface area contributed by atoms with Crippen molar-refractivity contribution in [2.75, 3.05) is 19.6 Å². The van der Waals surface area contributed by atoms with Gasteiger partial charge in [0.05, 0.1) is 5.01 Å². The SMILES string of the molecule is CCNC(=NCCc1ncc(C)s1)NCCc1ccc(C)cc1. The number of hydrogen-bond donors (Lipinski definition) is 2. The summed E-state index contributed by atoms with van der Waals surface area (Å²) >= 11 is 1.75. The predicted molar refractivity (Wildman–Crippen MR) is 99.4 cm³/mol. The largest absolute Gasteiger partial charge is 0.357 e. The minimum absolute atomic E-state index is 0.757. The average molecular weight is 331 g/mol. The van der Waals surface area contributed by atoms with Crippen LogP contribution in [0.25, 0.3) is 0 Å². The fourth-order valence-electron chi connectivity index (χ4n) is 2.20. The van der Waals surface area contributed by atoms with Crippen LogP contribution in [0.4, 0.5) is 0 Å². The summed E-state index contributed by atoms with van der Waals surface area (Å²) in [7, 11) is 0. The summed E-state index contributed by atoms with van der Waals surface area (Å²) in [6.45, 7) is 8.79. The number of nitrogens with one attached hydrogen (secondary N) is 2. The van der Waals surface area contributed by atoms with E-state index in [1.54, 1.807) is 11.3 Å². The molecule has 0 radical (unpaired) electrons. The minimum atomic E-state index is 0.757. The zero-order chi connectivity index (χ0) is 16.5. The quantitative estimate of drug-likeness (QED) is 0.606. The number of rotatable bonds is 7. The summed E-state index contributed by atoms with van der Waals surface area (Å²) in [5, 5.41) is 7.84. The molecule has 0 atom stereocenters. The standard InChI is InChI=1S/C18H26N4S/c1-4-19-18(21-12-10-17-22-13-15(3)23-17)20-11-9-16-7-5-14(2)6-8-16/h5-8,13H,4,9-12H2,1-3H3,(H2,19,20,21). The summed E-state index contributed by atoms with van der Waals surface area (Å²) in [5.74, 6) is 0.882. The van der Waals surface area contributed by atoms with Gasteiger partial charge in [-0.05, 0) is 32.8 Å². The number of hydrogen-bond acceptors (Lipinski definition) is 3. The molecule has 2 aromatic rings. The van der Waals surface area contributed by atoms with E-state index < -0.39 is 0 Å². The molecular formula is C18H26N4S. The van der Waals surface area contributed by atoms with E-state index in [4.69, 9.17) is 0 Å². The molecule has 124 valence electrons. The molecule has 0 saturated heterocycles. The Bertz CT molecular complexity index is 616. The molecule has 0 aliphatic carbocycles. The van der Waals surface area contributed by atoms with Gasteiger partial charge in [-0.25, -0.2) is 4.98 Å². The van der Waals surface area contributed by atoms with Gasteiger partial charge in [0, 0.05) is 37.1 Å². The first kappa shape index (κ1) is 17.5. The second-order valence-corrected chi connectivity index (χ2v) is 6.86. The van der Waals surface area contributed by atoms with E-state index >= 15 is 0 Å². The van der Waals surface area contributed by atoms with Gasteiger partial charge in [0.25, 0.3) is 0 Å². The number of aromatic nitrogens is 1. The van der Waals surface area contributed by atoms with Crippen molar-refractivity contribution in [3.8, 4) is 0 Å². The van der Waals surface area contributed by atoms with Gasteiger partial charge in [-0.3, -0.25) is 4.99 Å². The zero-order valence-electron chi connectivity index (χ0n) is 14.2. The fraction of sp³-hybridized carbons (Fsp3) is 0.444. The highest BCUT2D eigenvalue weighted by Gasteiger charge is 2.00. The first-order valence-electron chi connectivity index (χ1n) is 8.16. The van der Waals surface area contributed by atoms with Gasteiger partial charge >= 0.3 is 0 Å². The first-order chi connectivity index (χ1) is 11.2. The fourth-order valence-corrected chi connectivity index (χ4v) is 2.98. The molecular weight excluding hydrogens is 304 g/mol. The lowest BCUT2D eigenvalue weighted by Crippen LogP contribution is -2.38. The molecule has 0 fully saturated rings. The highest BCUT2D eigenvalue weighted by atomic mass is 32.1. The van der Waals surface area contributed by atoms with Crippen molar-refractivity contribution in [1.82, 2.24) is 15.6 Å². The van der Waals surface area contributed by atoms with Gasteiger partial charge in [0.2, 0.25) is 0 Å². The van der Waals surface area contributed by atoms with Crippen molar-refractivity contribution in [3.63, 3.8) is 0 Å². The summed E-state index contributed by atoms with van der Waals surface area (Å²) in [4.78, 5) is 10.3. The number of aliphatic imine (C=N–C) groups is 1. The maximum Gasteiger partial charge on any atom is 0.191 e. The molecule has 23 heavy (non-hydrogen) atoms. The van der Waals surface area contributed by atoms with Crippen LogP contribution in [0, 0.1) is 13.8 Å². The van der Waals surface area contributed by atoms with Crippen LogP contribution in [-0.4, -0.2) is 30.6 Å². The van der Waals surface area contributed by atoms with Gasteiger partial charge in [-0.2, -0.15) is 0 Å². The Labute approximate surface area is 143 Å². The Balaban J connectivity index is 1.77. The summed E-state index contributed by atoms with van der Waals surface area (Å²) in [5.41, 5.74) is 2.64. The van der Waals surface area contributed by atoms with E-state index in [9.17, 15) is 0 Å². The molecule has 0 bridgehead atoms. The molecule has 0 aliphatic rings. The van der Waals surface area contributed by atoms with Crippen molar-refractivity contribution in [1.29, 1.82) is 0 Å². The average Bonchev–Trinajstić information content (AvgIpc) is 2.95. The van der Waals surface area contributed by atoms with Crippen molar-refractivity contribution in [2.45, 2.75) is 33.6 Å². The molecule has 0 amide bonds. The lowest BCUT2D eigenvalue weighted by atomic mass is 10.1. The molecule has 0 spiro atoms. The normalized spacial score (nSPS) is 11.5. The molecule has 1 aromatic heterocycles. The van der Waals surface area contributed by atoms with Crippen molar-refractivity contribution in [3.05, 3.63) is 51.5 Å². The number of nitrogens with zero attached hydrogens (tertiary/aromatic N) is 2. The lowest BCUT2D eigenvalue weighted by Gasteiger charge is -2.11. The third-order valence-electron chi connectivity index (χ3n) is 3.44. The monoisotopic (exact) mass is 330 g/mol. The van der Waals surface area contributed by atoms with E-state index in [1.165, 1.54) is 16.0 Å². The topological polar surface area (TPSA) is 49.3 Å². The highest BCUT2D eigenvalue weighted by Crippen LogP contribution is 2.11. The van der Waals surface area contributed by atoms with Crippen LogP contribution >= 0.6 is 11.3 Å². The highest BCUT2D eigenvalue weighted by molar-refractivity contribution is 7.11. The van der Waals surface area contributed by atoms with Gasteiger partial charge in [0.15, 0.2) is 5.96 Å². The van der Waals surface area contributed by atoms with Gasteiger partial charge < -0.3 is 10.6 Å². The maximum absolute atomic E-state index is 4.62. The molecule has 1 heterocycles. The van der Waals surface area contributed by atoms with Gasteiger partial charge in [-0.1, -0.05) is 29.8 Å². The van der Waals surface area contributed by atoms with Crippen LogP contribution in [0.15, 0.2) is 35.5 Å². The third-order valence-corrected chi connectivity index (χ3v) is 4.41. The molecule has 2 rings (SSSR count). The zero-order valence-corrected chi connectivity index (χ0v) is 15.0. The van der Waals surface area contributed by atoms with E-state index in [0.717, 1.165) is 43.4 Å². The van der Waals surface area contributed by atoms with Crippen molar-refractivity contribution in [2.24, 2.45) is 4.99 Å². The summed E-state index contributed by atoms with van der Waals surface area (Å²) in [6, 6.07) is 8.69. The van der Waals surface area contributed by atoms with Crippen LogP contribution in [0.1, 0.15) is 27.9 Å². The second-order valence-electron chi connectivity index (χ2n) is 5.54. The Morgan fingerprint density at radius 2 is 1.91 bits per heavy atom. The van der Waals surface area contributed by atoms with Crippen molar-refractivity contribution >= 4 is 17.3 Å². The first-order valence-corrected chi connectivity index (χ1v) is 8.98. The van der Waals surface area contributed by atoms with E-state index in [2.05, 4.69) is 65.6 Å². The maximum atomic E-state index is 4.62. The Morgan fingerprint density at radius 1 is 1.13 bits per heavy atom. The van der Waals surface area contributed by atoms with Crippen LogP contribution in [0.5, 0.6) is 0 Å². The molecule has 4 nitrogen and oxygen atoms in total. The van der Waals surface area contributed by atoms with E-state index in [0.29, 0.717) is 0 Å². The third kappa shape index (κ3) is 6.40. The number of benzene rings is 1. The summed E-state index contributed by atoms with van der Waals surface area (Å²) in [6.07, 6.45) is 3.82. The van der Waals surface area contributed by atoms with Crippen LogP contribution in [0.2, 0.25) is 0 Å². The Kier molecular flexibility index (Phi) is 7.07. The molecule has 2 N–H and O–H groups in total. The molecule has 0 saturated carbocycles. The minimum Gasteiger partial charge on any atom is -0.357 e. The Morgan fingerprint density at radius 3 is 2.57 bits per heavy atom. The van der Waals surface area contributed by atoms with Gasteiger partial charge in [0.1, 0.15) is 0 Å². The molecule has 0 unspecified atom stereocenters. The smallest absolute Gasteiger partial charge is 0.191 e. The summed E-state index contributed by atoms with van der Waals surface area (Å²) < 4.78 is 0. The lowest BCUT2D eigenvalue weighted by molar-refractivity contribution is 0.796. The molecule has 1 aromatic carbocycles. The number of thiazole rings is 1. The van der Waals surface area contributed by atoms with E-state index in [-0.39, 0.29) is 0 Å². The second kappa shape index (κ2) is 9.30. The van der Waals surface area contributed by atoms with Gasteiger partial charge in [-0.15, -0.1) is 11.3 Å². The van der Waals surface area contributed by atoms with Crippen molar-refractivity contribution < 1.29 is 0 Å². The van der Waals surface area contributed by atoms with Crippen LogP contribution in [-0.2, 0) is 12.8 Å². The number of aryl methyl sites for hydroxylation is 2. The predicted octanol–water partition coefficient (Wildman–Crippen LogP) is 3.10. The molecule has 5 heteroatoms. The van der Waals surface area contributed by atoms with Crippen LogP contribution < -0.4 is 10.6 Å². The van der Waals surface area contributed by atoms with E-state index in [1.807, 2.05) is 6.20 Å². The molecule has 0 aliphatic heterocycles. The number of guanidine groups is 1. The van der Waals surface area contributed by atoms with Crippen LogP contribution in [0.3, 0.4) is 0 Å².